The molecule has 202 valence electrons. The standard InChI is InChI=1S/C29H32BrNO6S/c1-5-38-11-10-37-29(34)25-16(2)31-21-13-17(19-8-6-7-9-23(19)35-3)14-22(32)27(21)26(25)18-12-20(30)28(33)24(15-18)36-4/h6-9,12,15,17,26,31,33H,5,10-11,13-14H2,1-4H3/t17-,26-/m0/s1. The highest BCUT2D eigenvalue weighted by molar-refractivity contribution is 9.10. The van der Waals surface area contributed by atoms with E-state index in [0.29, 0.717) is 39.1 Å². The highest BCUT2D eigenvalue weighted by atomic mass is 79.9. The maximum absolute atomic E-state index is 13.9. The van der Waals surface area contributed by atoms with E-state index in [0.717, 1.165) is 22.8 Å². The Labute approximate surface area is 235 Å². The molecule has 0 fully saturated rings. The number of dihydropyridines is 1. The second kappa shape index (κ2) is 12.3. The molecule has 38 heavy (non-hydrogen) atoms. The largest absolute Gasteiger partial charge is 0.503 e. The number of carbonyl (C=O) groups excluding carboxylic acids is 2. The molecule has 0 saturated carbocycles. The van der Waals surface area contributed by atoms with E-state index in [4.69, 9.17) is 14.2 Å². The Bertz CT molecular complexity index is 1300. The van der Waals surface area contributed by atoms with Gasteiger partial charge < -0.3 is 24.6 Å². The minimum atomic E-state index is -0.672. The van der Waals surface area contributed by atoms with Crippen LogP contribution in [-0.4, -0.2) is 49.2 Å². The molecule has 1 aliphatic heterocycles. The molecule has 7 nitrogen and oxygen atoms in total. The Morgan fingerprint density at radius 1 is 1.16 bits per heavy atom. The van der Waals surface area contributed by atoms with Gasteiger partial charge in [-0.25, -0.2) is 4.79 Å². The number of phenolic OH excluding ortho intramolecular Hbond substituents is 1. The van der Waals surface area contributed by atoms with E-state index < -0.39 is 11.9 Å². The Morgan fingerprint density at radius 3 is 2.61 bits per heavy atom. The zero-order chi connectivity index (χ0) is 27.4. The van der Waals surface area contributed by atoms with Crippen LogP contribution in [0.3, 0.4) is 0 Å². The van der Waals surface area contributed by atoms with Crippen molar-refractivity contribution in [3.05, 3.63) is 74.5 Å². The van der Waals surface area contributed by atoms with Gasteiger partial charge >= 0.3 is 5.97 Å². The minimum absolute atomic E-state index is 0.0491. The number of esters is 1. The maximum Gasteiger partial charge on any atom is 0.336 e. The molecule has 0 unspecified atom stereocenters. The molecule has 2 aromatic carbocycles. The quantitative estimate of drug-likeness (QED) is 0.274. The van der Waals surface area contributed by atoms with Crippen LogP contribution in [0.25, 0.3) is 0 Å². The number of rotatable bonds is 9. The van der Waals surface area contributed by atoms with Crippen molar-refractivity contribution in [2.24, 2.45) is 0 Å². The van der Waals surface area contributed by atoms with Crippen LogP contribution < -0.4 is 14.8 Å². The number of nitrogens with one attached hydrogen (secondary N) is 1. The van der Waals surface area contributed by atoms with E-state index in [1.54, 1.807) is 31.0 Å². The summed E-state index contributed by atoms with van der Waals surface area (Å²) in [6.07, 6.45) is 0.865. The Balaban J connectivity index is 1.80. The lowest BCUT2D eigenvalue weighted by molar-refractivity contribution is -0.138. The predicted octanol–water partition coefficient (Wildman–Crippen LogP) is 5.83. The number of thioether (sulfide) groups is 1. The highest BCUT2D eigenvalue weighted by Crippen LogP contribution is 2.49. The fraction of sp³-hybridized carbons (Fsp3) is 0.379. The number of phenols is 1. The number of para-hydroxylation sites is 1. The Hall–Kier alpha value is -2.91. The number of hydrogen-bond acceptors (Lipinski definition) is 8. The summed E-state index contributed by atoms with van der Waals surface area (Å²) in [5, 5.41) is 13.8. The smallest absolute Gasteiger partial charge is 0.336 e. The van der Waals surface area contributed by atoms with E-state index >= 15 is 0 Å². The number of ether oxygens (including phenoxy) is 3. The molecular formula is C29H32BrNO6S. The topological polar surface area (TPSA) is 94.1 Å². The lowest BCUT2D eigenvalue weighted by atomic mass is 9.71. The van der Waals surface area contributed by atoms with E-state index in [-0.39, 0.29) is 36.2 Å². The Morgan fingerprint density at radius 2 is 1.89 bits per heavy atom. The number of carbonyl (C=O) groups is 2. The summed E-state index contributed by atoms with van der Waals surface area (Å²) in [5.41, 5.74) is 3.96. The summed E-state index contributed by atoms with van der Waals surface area (Å²) in [6, 6.07) is 11.1. The van der Waals surface area contributed by atoms with Crippen LogP contribution in [0, 0.1) is 0 Å². The molecule has 0 saturated heterocycles. The molecule has 1 heterocycles. The van der Waals surface area contributed by atoms with Gasteiger partial charge in [0.1, 0.15) is 12.4 Å². The van der Waals surface area contributed by atoms with Crippen molar-refractivity contribution in [1.29, 1.82) is 0 Å². The normalized spacial score (nSPS) is 19.1. The number of halogens is 1. The zero-order valence-corrected chi connectivity index (χ0v) is 24.3. The van der Waals surface area contributed by atoms with Crippen LogP contribution in [0.1, 0.15) is 49.7 Å². The zero-order valence-electron chi connectivity index (χ0n) is 21.9. The molecule has 1 aliphatic carbocycles. The average molecular weight is 603 g/mol. The molecule has 0 radical (unpaired) electrons. The van der Waals surface area contributed by atoms with Crippen molar-refractivity contribution in [3.8, 4) is 17.2 Å². The van der Waals surface area contributed by atoms with Gasteiger partial charge in [0.25, 0.3) is 0 Å². The van der Waals surface area contributed by atoms with Crippen molar-refractivity contribution in [2.45, 2.75) is 38.5 Å². The van der Waals surface area contributed by atoms with Gasteiger partial charge in [0.15, 0.2) is 17.3 Å². The monoisotopic (exact) mass is 601 g/mol. The first kappa shape index (κ1) is 28.1. The molecule has 0 bridgehead atoms. The minimum Gasteiger partial charge on any atom is -0.503 e. The first-order chi connectivity index (χ1) is 18.3. The lowest BCUT2D eigenvalue weighted by Crippen LogP contribution is -2.36. The molecule has 2 N–H and O–H groups in total. The molecule has 0 aromatic heterocycles. The van der Waals surface area contributed by atoms with E-state index in [1.807, 2.05) is 31.2 Å². The van der Waals surface area contributed by atoms with Crippen LogP contribution in [0.15, 0.2) is 63.4 Å². The third-order valence-corrected chi connectivity index (χ3v) is 8.36. The first-order valence-electron chi connectivity index (χ1n) is 12.5. The van der Waals surface area contributed by atoms with Crippen molar-refractivity contribution >= 4 is 39.4 Å². The van der Waals surface area contributed by atoms with Crippen LogP contribution in [-0.2, 0) is 14.3 Å². The fourth-order valence-corrected chi connectivity index (χ4v) is 6.15. The molecule has 0 amide bonds. The van der Waals surface area contributed by atoms with Crippen molar-refractivity contribution in [1.82, 2.24) is 5.32 Å². The summed E-state index contributed by atoms with van der Waals surface area (Å²) >= 11 is 5.09. The number of ketones is 1. The van der Waals surface area contributed by atoms with Crippen molar-refractivity contribution < 1.29 is 28.9 Å². The summed E-state index contributed by atoms with van der Waals surface area (Å²) in [5.74, 6) is 1.31. The van der Waals surface area contributed by atoms with E-state index in [1.165, 1.54) is 7.11 Å². The maximum atomic E-state index is 13.9. The van der Waals surface area contributed by atoms with E-state index in [9.17, 15) is 14.7 Å². The van der Waals surface area contributed by atoms with E-state index in [2.05, 4.69) is 28.2 Å². The molecule has 9 heteroatoms. The number of Topliss-reactive ketones (excluding diaryl/α,β-unsaturated/α-hetero) is 1. The van der Waals surface area contributed by atoms with Crippen molar-refractivity contribution in [3.63, 3.8) is 0 Å². The highest BCUT2D eigenvalue weighted by Gasteiger charge is 2.42. The van der Waals surface area contributed by atoms with Crippen LogP contribution >= 0.6 is 27.7 Å². The van der Waals surface area contributed by atoms with Gasteiger partial charge in [-0.05, 0) is 64.4 Å². The predicted molar refractivity (Wildman–Crippen MR) is 152 cm³/mol. The third-order valence-electron chi connectivity index (χ3n) is 6.90. The second-order valence-corrected chi connectivity index (χ2v) is 11.4. The first-order valence-corrected chi connectivity index (χ1v) is 14.4. The summed E-state index contributed by atoms with van der Waals surface area (Å²) in [6.45, 7) is 4.16. The number of allylic oxidation sites excluding steroid dienone is 3. The van der Waals surface area contributed by atoms with Gasteiger partial charge in [0, 0.05) is 41.0 Å². The van der Waals surface area contributed by atoms with Gasteiger partial charge in [0.2, 0.25) is 0 Å². The fourth-order valence-electron chi connectivity index (χ4n) is 5.20. The third kappa shape index (κ3) is 5.59. The number of benzene rings is 2. The van der Waals surface area contributed by atoms with Gasteiger partial charge in [0.05, 0.1) is 24.3 Å². The van der Waals surface area contributed by atoms with Crippen molar-refractivity contribution in [2.75, 3.05) is 32.3 Å². The average Bonchev–Trinajstić information content (AvgIpc) is 2.91. The summed E-state index contributed by atoms with van der Waals surface area (Å²) in [7, 11) is 3.09. The SMILES string of the molecule is CCSCCOC(=O)C1=C(C)NC2=C(C(=O)C[C@@H](c3ccccc3OC)C2)[C@H]1c1cc(Br)c(O)c(OC)c1. The van der Waals surface area contributed by atoms with Gasteiger partial charge in [-0.15, -0.1) is 0 Å². The molecular weight excluding hydrogens is 570 g/mol. The lowest BCUT2D eigenvalue weighted by Gasteiger charge is -2.37. The molecule has 4 rings (SSSR count). The van der Waals surface area contributed by atoms with Crippen LogP contribution in [0.4, 0.5) is 0 Å². The van der Waals surface area contributed by atoms with Gasteiger partial charge in [-0.2, -0.15) is 11.8 Å². The second-order valence-electron chi connectivity index (χ2n) is 9.15. The Kier molecular flexibility index (Phi) is 9.10. The number of hydrogen-bond donors (Lipinski definition) is 2. The molecule has 2 aliphatic rings. The van der Waals surface area contributed by atoms with Crippen LogP contribution in [0.2, 0.25) is 0 Å². The summed E-state index contributed by atoms with van der Waals surface area (Å²) < 4.78 is 17.0. The van der Waals surface area contributed by atoms with Gasteiger partial charge in [-0.1, -0.05) is 25.1 Å². The molecule has 2 aromatic rings. The van der Waals surface area contributed by atoms with Crippen LogP contribution in [0.5, 0.6) is 17.2 Å². The molecule has 0 spiro atoms. The number of methoxy groups -OCH3 is 2. The summed E-state index contributed by atoms with van der Waals surface area (Å²) in [4.78, 5) is 27.3. The molecule has 2 atom stereocenters. The number of aromatic hydroxyl groups is 1. The van der Waals surface area contributed by atoms with Gasteiger partial charge in [-0.3, -0.25) is 4.79 Å².